The van der Waals surface area contributed by atoms with Gasteiger partial charge in [0.2, 0.25) is 5.91 Å². The lowest BCUT2D eigenvalue weighted by molar-refractivity contribution is -0.121. The second-order valence-corrected chi connectivity index (χ2v) is 4.98. The molecule has 0 radical (unpaired) electrons. The van der Waals surface area contributed by atoms with Crippen LogP contribution in [0.2, 0.25) is 0 Å². The zero-order valence-corrected chi connectivity index (χ0v) is 10.2. The Morgan fingerprint density at radius 3 is 2.89 bits per heavy atom. The summed E-state index contributed by atoms with van der Waals surface area (Å²) in [6.45, 7) is 0.356. The average molecular weight is 244 g/mol. The topological polar surface area (TPSA) is 49.4 Å². The summed E-state index contributed by atoms with van der Waals surface area (Å²) in [5.74, 6) is 0.321. The van der Waals surface area contributed by atoms with E-state index in [1.165, 1.54) is 0 Å². The molecule has 1 atom stereocenters. The molecule has 1 amide bonds. The molecule has 1 aliphatic carbocycles. The van der Waals surface area contributed by atoms with E-state index >= 15 is 0 Å². The standard InChI is InChI=1S/C14H16N2O2/c17-11-5-3-4-10(8-11)16-9-14(18)15-12-6-1-2-7-13(12)16/h1-2,6-7,10H,3-5,8-9H2,(H,15,18). The second kappa shape index (κ2) is 4.44. The summed E-state index contributed by atoms with van der Waals surface area (Å²) in [6, 6.07) is 7.97. The van der Waals surface area contributed by atoms with Crippen molar-refractivity contribution in [2.24, 2.45) is 0 Å². The van der Waals surface area contributed by atoms with Gasteiger partial charge >= 0.3 is 0 Å². The van der Waals surface area contributed by atoms with Crippen LogP contribution in [-0.4, -0.2) is 24.3 Å². The fourth-order valence-corrected chi connectivity index (χ4v) is 2.85. The molecule has 2 aliphatic rings. The van der Waals surface area contributed by atoms with Gasteiger partial charge in [-0.05, 0) is 25.0 Å². The molecule has 1 aromatic rings. The number of hydrogen-bond acceptors (Lipinski definition) is 3. The molecule has 1 unspecified atom stereocenters. The maximum Gasteiger partial charge on any atom is 0.243 e. The van der Waals surface area contributed by atoms with Gasteiger partial charge in [0, 0.05) is 18.9 Å². The molecule has 1 N–H and O–H groups in total. The summed E-state index contributed by atoms with van der Waals surface area (Å²) in [4.78, 5) is 25.4. The minimum Gasteiger partial charge on any atom is -0.357 e. The van der Waals surface area contributed by atoms with Crippen LogP contribution in [0.15, 0.2) is 24.3 Å². The molecule has 1 heterocycles. The van der Waals surface area contributed by atoms with Crippen molar-refractivity contribution in [3.05, 3.63) is 24.3 Å². The highest BCUT2D eigenvalue weighted by molar-refractivity contribution is 6.01. The molecule has 0 aromatic heterocycles. The van der Waals surface area contributed by atoms with Crippen LogP contribution < -0.4 is 10.2 Å². The number of carbonyl (C=O) groups is 2. The van der Waals surface area contributed by atoms with Crippen LogP contribution in [0.25, 0.3) is 0 Å². The Bertz CT molecular complexity index is 498. The summed E-state index contributed by atoms with van der Waals surface area (Å²) in [6.07, 6.45) is 3.19. The van der Waals surface area contributed by atoms with E-state index in [1.54, 1.807) is 0 Å². The van der Waals surface area contributed by atoms with Crippen LogP contribution in [0.3, 0.4) is 0 Å². The van der Waals surface area contributed by atoms with Gasteiger partial charge in [-0.3, -0.25) is 9.59 Å². The summed E-state index contributed by atoms with van der Waals surface area (Å²) in [5.41, 5.74) is 1.89. The summed E-state index contributed by atoms with van der Waals surface area (Å²) < 4.78 is 0. The number of anilines is 2. The first-order valence-corrected chi connectivity index (χ1v) is 6.41. The van der Waals surface area contributed by atoms with Gasteiger partial charge in [-0.15, -0.1) is 0 Å². The molecule has 0 bridgehead atoms. The molecule has 3 rings (SSSR count). The smallest absolute Gasteiger partial charge is 0.243 e. The molecule has 1 fully saturated rings. The molecule has 4 heteroatoms. The van der Waals surface area contributed by atoms with Gasteiger partial charge in [-0.1, -0.05) is 12.1 Å². The summed E-state index contributed by atoms with van der Waals surface area (Å²) >= 11 is 0. The van der Waals surface area contributed by atoms with Gasteiger partial charge in [-0.2, -0.15) is 0 Å². The van der Waals surface area contributed by atoms with E-state index in [4.69, 9.17) is 0 Å². The Hall–Kier alpha value is -1.84. The number of rotatable bonds is 1. The highest BCUT2D eigenvalue weighted by atomic mass is 16.2. The number of amides is 1. The molecule has 0 spiro atoms. The molecule has 0 saturated heterocycles. The molecule has 1 saturated carbocycles. The normalized spacial score (nSPS) is 23.6. The van der Waals surface area contributed by atoms with E-state index in [0.29, 0.717) is 25.2 Å². The number of nitrogens with one attached hydrogen (secondary N) is 1. The zero-order valence-electron chi connectivity index (χ0n) is 10.2. The van der Waals surface area contributed by atoms with Crippen LogP contribution in [0, 0.1) is 0 Å². The zero-order chi connectivity index (χ0) is 12.5. The lowest BCUT2D eigenvalue weighted by Gasteiger charge is -2.38. The third-order valence-corrected chi connectivity index (χ3v) is 3.70. The largest absolute Gasteiger partial charge is 0.357 e. The van der Waals surface area contributed by atoms with E-state index in [2.05, 4.69) is 10.2 Å². The van der Waals surface area contributed by atoms with Crippen molar-refractivity contribution in [3.8, 4) is 0 Å². The first kappa shape index (κ1) is 11.3. The monoisotopic (exact) mass is 244 g/mol. The van der Waals surface area contributed by atoms with E-state index in [9.17, 15) is 9.59 Å². The Morgan fingerprint density at radius 2 is 2.06 bits per heavy atom. The number of Topliss-reactive ketones (excluding diaryl/α,β-unsaturated/α-hetero) is 1. The summed E-state index contributed by atoms with van der Waals surface area (Å²) in [5, 5.41) is 2.87. The van der Waals surface area contributed by atoms with Crippen LogP contribution in [0.4, 0.5) is 11.4 Å². The van der Waals surface area contributed by atoms with Crippen molar-refractivity contribution in [2.75, 3.05) is 16.8 Å². The number of benzene rings is 1. The van der Waals surface area contributed by atoms with Gasteiger partial charge in [0.1, 0.15) is 5.78 Å². The van der Waals surface area contributed by atoms with Crippen molar-refractivity contribution >= 4 is 23.1 Å². The maximum atomic E-state index is 11.7. The number of carbonyl (C=O) groups excluding carboxylic acids is 2. The molecular formula is C14H16N2O2. The van der Waals surface area contributed by atoms with Gasteiger partial charge in [0.25, 0.3) is 0 Å². The Morgan fingerprint density at radius 1 is 1.22 bits per heavy atom. The maximum absolute atomic E-state index is 11.7. The number of para-hydroxylation sites is 2. The van der Waals surface area contributed by atoms with Crippen molar-refractivity contribution in [2.45, 2.75) is 31.7 Å². The van der Waals surface area contributed by atoms with E-state index < -0.39 is 0 Å². The lowest BCUT2D eigenvalue weighted by Crippen LogP contribution is -2.46. The van der Waals surface area contributed by atoms with Crippen molar-refractivity contribution < 1.29 is 9.59 Å². The van der Waals surface area contributed by atoms with Crippen LogP contribution in [0.5, 0.6) is 0 Å². The lowest BCUT2D eigenvalue weighted by atomic mass is 9.92. The van der Waals surface area contributed by atoms with Gasteiger partial charge in [-0.25, -0.2) is 0 Å². The SMILES string of the molecule is O=C1CCCC(N2CC(=O)Nc3ccccc32)C1. The molecule has 18 heavy (non-hydrogen) atoms. The minimum atomic E-state index is 0.00622. The van der Waals surface area contributed by atoms with Crippen LogP contribution in [-0.2, 0) is 9.59 Å². The Kier molecular flexibility index (Phi) is 2.78. The quantitative estimate of drug-likeness (QED) is 0.821. The average Bonchev–Trinajstić information content (AvgIpc) is 2.37. The van der Waals surface area contributed by atoms with E-state index in [0.717, 1.165) is 24.2 Å². The van der Waals surface area contributed by atoms with Gasteiger partial charge in [0.05, 0.1) is 17.9 Å². The van der Waals surface area contributed by atoms with E-state index in [-0.39, 0.29) is 11.9 Å². The fourth-order valence-electron chi connectivity index (χ4n) is 2.85. The van der Waals surface area contributed by atoms with Gasteiger partial charge < -0.3 is 10.2 Å². The molecule has 4 nitrogen and oxygen atoms in total. The molecule has 94 valence electrons. The van der Waals surface area contributed by atoms with Crippen molar-refractivity contribution in [1.82, 2.24) is 0 Å². The van der Waals surface area contributed by atoms with Gasteiger partial charge in [0.15, 0.2) is 0 Å². The highest BCUT2D eigenvalue weighted by Crippen LogP contribution is 2.33. The van der Waals surface area contributed by atoms with Crippen molar-refractivity contribution in [1.29, 1.82) is 0 Å². The Labute approximate surface area is 106 Å². The third kappa shape index (κ3) is 1.98. The molecule has 1 aromatic carbocycles. The molecular weight excluding hydrogens is 228 g/mol. The summed E-state index contributed by atoms with van der Waals surface area (Å²) in [7, 11) is 0. The second-order valence-electron chi connectivity index (χ2n) is 4.98. The minimum absolute atomic E-state index is 0.00622. The Balaban J connectivity index is 1.92. The number of nitrogens with zero attached hydrogens (tertiary/aromatic N) is 1. The highest BCUT2D eigenvalue weighted by Gasteiger charge is 2.30. The van der Waals surface area contributed by atoms with Crippen LogP contribution in [0.1, 0.15) is 25.7 Å². The predicted molar refractivity (Wildman–Crippen MR) is 69.7 cm³/mol. The van der Waals surface area contributed by atoms with Crippen molar-refractivity contribution in [3.63, 3.8) is 0 Å². The number of ketones is 1. The van der Waals surface area contributed by atoms with E-state index in [1.807, 2.05) is 24.3 Å². The first-order valence-electron chi connectivity index (χ1n) is 6.41. The van der Waals surface area contributed by atoms with Crippen LogP contribution >= 0.6 is 0 Å². The first-order chi connectivity index (χ1) is 8.74. The molecule has 1 aliphatic heterocycles. The number of fused-ring (bicyclic) bond motifs is 1. The number of hydrogen-bond donors (Lipinski definition) is 1. The predicted octanol–water partition coefficient (Wildman–Crippen LogP) is 1.96. The fraction of sp³-hybridized carbons (Fsp3) is 0.429. The third-order valence-electron chi connectivity index (χ3n) is 3.70.